The Morgan fingerprint density at radius 1 is 1.38 bits per heavy atom. The number of nitrogens with two attached hydrogens (primary N) is 1. The van der Waals surface area contributed by atoms with Crippen LogP contribution in [-0.2, 0) is 0 Å². The number of nitrogen functional groups attached to an aromatic ring is 1. The van der Waals surface area contributed by atoms with Gasteiger partial charge in [-0.1, -0.05) is 12.5 Å². The van der Waals surface area contributed by atoms with E-state index >= 15 is 0 Å². The second kappa shape index (κ2) is 3.29. The maximum atomic E-state index is 5.73. The van der Waals surface area contributed by atoms with Crippen LogP contribution < -0.4 is 10.5 Å². The molecular formula is C11H15NO. The molecule has 2 N–H and O–H groups in total. The average Bonchev–Trinajstić information content (AvgIpc) is 2.05. The Kier molecular flexibility index (Phi) is 2.13. The van der Waals surface area contributed by atoms with Crippen molar-refractivity contribution in [3.05, 3.63) is 23.8 Å². The molecule has 0 aromatic heterocycles. The van der Waals surface area contributed by atoms with Gasteiger partial charge in [-0.05, 0) is 36.5 Å². The lowest BCUT2D eigenvalue weighted by molar-refractivity contribution is 0.404. The zero-order valence-electron chi connectivity index (χ0n) is 7.92. The quantitative estimate of drug-likeness (QED) is 0.704. The third-order valence-corrected chi connectivity index (χ3v) is 2.83. The molecule has 1 fully saturated rings. The third kappa shape index (κ3) is 1.48. The van der Waals surface area contributed by atoms with Gasteiger partial charge in [-0.25, -0.2) is 0 Å². The predicted octanol–water partition coefficient (Wildman–Crippen LogP) is 2.54. The van der Waals surface area contributed by atoms with Crippen molar-refractivity contribution in [2.24, 2.45) is 0 Å². The van der Waals surface area contributed by atoms with Crippen molar-refractivity contribution in [3.63, 3.8) is 0 Å². The molecule has 1 aliphatic carbocycles. The van der Waals surface area contributed by atoms with E-state index in [0.29, 0.717) is 0 Å². The maximum Gasteiger partial charge on any atom is 0.142 e. The van der Waals surface area contributed by atoms with Gasteiger partial charge in [0.25, 0.3) is 0 Å². The zero-order valence-corrected chi connectivity index (χ0v) is 7.92. The van der Waals surface area contributed by atoms with Gasteiger partial charge in [-0.2, -0.15) is 0 Å². The Labute approximate surface area is 78.7 Å². The van der Waals surface area contributed by atoms with Crippen molar-refractivity contribution in [3.8, 4) is 5.75 Å². The van der Waals surface area contributed by atoms with Crippen molar-refractivity contribution in [2.75, 3.05) is 12.8 Å². The second-order valence-electron chi connectivity index (χ2n) is 3.63. The van der Waals surface area contributed by atoms with Crippen LogP contribution in [0.25, 0.3) is 0 Å². The molecular weight excluding hydrogens is 162 g/mol. The first kappa shape index (κ1) is 8.42. The number of hydrogen-bond donors (Lipinski definition) is 1. The Hall–Kier alpha value is -1.18. The summed E-state index contributed by atoms with van der Waals surface area (Å²) in [5.41, 5.74) is 7.83. The summed E-state index contributed by atoms with van der Waals surface area (Å²) in [6, 6.07) is 6.12. The first-order chi connectivity index (χ1) is 6.31. The van der Waals surface area contributed by atoms with Crippen LogP contribution in [0.5, 0.6) is 5.75 Å². The molecule has 0 aliphatic heterocycles. The minimum atomic E-state index is 0.727. The third-order valence-electron chi connectivity index (χ3n) is 2.83. The Balaban J connectivity index is 2.26. The number of rotatable bonds is 2. The summed E-state index contributed by atoms with van der Waals surface area (Å²) >= 11 is 0. The number of methoxy groups -OCH3 is 1. The SMILES string of the molecule is COc1cc(C2CCC2)ccc1N. The highest BCUT2D eigenvalue weighted by Crippen LogP contribution is 2.38. The van der Waals surface area contributed by atoms with Crippen LogP contribution in [0.4, 0.5) is 5.69 Å². The van der Waals surface area contributed by atoms with E-state index in [1.165, 1.54) is 24.8 Å². The fourth-order valence-corrected chi connectivity index (χ4v) is 1.72. The van der Waals surface area contributed by atoms with E-state index < -0.39 is 0 Å². The smallest absolute Gasteiger partial charge is 0.142 e. The molecule has 0 saturated heterocycles. The van der Waals surface area contributed by atoms with Crippen molar-refractivity contribution in [2.45, 2.75) is 25.2 Å². The highest BCUT2D eigenvalue weighted by molar-refractivity contribution is 5.54. The number of anilines is 1. The number of ether oxygens (including phenoxy) is 1. The minimum Gasteiger partial charge on any atom is -0.495 e. The molecule has 1 aromatic rings. The van der Waals surface area contributed by atoms with Gasteiger partial charge in [-0.3, -0.25) is 0 Å². The fraction of sp³-hybridized carbons (Fsp3) is 0.455. The van der Waals surface area contributed by atoms with Gasteiger partial charge in [0.15, 0.2) is 0 Å². The normalized spacial score (nSPS) is 16.7. The van der Waals surface area contributed by atoms with Crippen LogP contribution in [0.2, 0.25) is 0 Å². The summed E-state index contributed by atoms with van der Waals surface area (Å²) in [7, 11) is 1.66. The van der Waals surface area contributed by atoms with Gasteiger partial charge in [0.05, 0.1) is 12.8 Å². The van der Waals surface area contributed by atoms with Crippen LogP contribution in [0.1, 0.15) is 30.7 Å². The molecule has 0 heterocycles. The molecule has 0 spiro atoms. The lowest BCUT2D eigenvalue weighted by atomic mass is 9.80. The monoisotopic (exact) mass is 177 g/mol. The fourth-order valence-electron chi connectivity index (χ4n) is 1.72. The first-order valence-electron chi connectivity index (χ1n) is 4.74. The number of benzene rings is 1. The summed E-state index contributed by atoms with van der Waals surface area (Å²) in [6.07, 6.45) is 3.98. The van der Waals surface area contributed by atoms with Gasteiger partial charge in [0.1, 0.15) is 5.75 Å². The zero-order chi connectivity index (χ0) is 9.26. The van der Waals surface area contributed by atoms with Crippen molar-refractivity contribution in [1.29, 1.82) is 0 Å². The molecule has 70 valence electrons. The molecule has 0 bridgehead atoms. The summed E-state index contributed by atoms with van der Waals surface area (Å²) in [4.78, 5) is 0. The Morgan fingerprint density at radius 2 is 2.15 bits per heavy atom. The molecule has 1 aromatic carbocycles. The van der Waals surface area contributed by atoms with E-state index in [2.05, 4.69) is 12.1 Å². The van der Waals surface area contributed by atoms with Gasteiger partial charge >= 0.3 is 0 Å². The van der Waals surface area contributed by atoms with Crippen molar-refractivity contribution in [1.82, 2.24) is 0 Å². The first-order valence-corrected chi connectivity index (χ1v) is 4.74. The molecule has 2 heteroatoms. The van der Waals surface area contributed by atoms with Gasteiger partial charge in [0, 0.05) is 0 Å². The molecule has 0 radical (unpaired) electrons. The molecule has 1 aliphatic rings. The highest BCUT2D eigenvalue weighted by Gasteiger charge is 2.19. The largest absolute Gasteiger partial charge is 0.495 e. The van der Waals surface area contributed by atoms with Crippen LogP contribution in [0, 0.1) is 0 Å². The van der Waals surface area contributed by atoms with E-state index in [9.17, 15) is 0 Å². The van der Waals surface area contributed by atoms with Gasteiger partial charge in [-0.15, -0.1) is 0 Å². The second-order valence-corrected chi connectivity index (χ2v) is 3.63. The summed E-state index contributed by atoms with van der Waals surface area (Å²) < 4.78 is 5.18. The van der Waals surface area contributed by atoms with Crippen molar-refractivity contribution < 1.29 is 4.74 Å². The van der Waals surface area contributed by atoms with Gasteiger partial charge in [0.2, 0.25) is 0 Å². The highest BCUT2D eigenvalue weighted by atomic mass is 16.5. The molecule has 13 heavy (non-hydrogen) atoms. The lowest BCUT2D eigenvalue weighted by Gasteiger charge is -2.26. The maximum absolute atomic E-state index is 5.73. The van der Waals surface area contributed by atoms with Crippen LogP contribution in [0.3, 0.4) is 0 Å². The standard InChI is InChI=1S/C11H15NO/c1-13-11-7-9(5-6-10(11)12)8-3-2-4-8/h5-8H,2-4,12H2,1H3. The predicted molar refractivity (Wildman–Crippen MR) is 54.0 cm³/mol. The molecule has 2 nitrogen and oxygen atoms in total. The summed E-state index contributed by atoms with van der Waals surface area (Å²) in [5, 5.41) is 0. The van der Waals surface area contributed by atoms with Crippen LogP contribution in [-0.4, -0.2) is 7.11 Å². The Bertz CT molecular complexity index is 305. The van der Waals surface area contributed by atoms with Crippen LogP contribution >= 0.6 is 0 Å². The topological polar surface area (TPSA) is 35.2 Å². The molecule has 0 amide bonds. The van der Waals surface area contributed by atoms with E-state index in [1.807, 2.05) is 6.07 Å². The van der Waals surface area contributed by atoms with E-state index in [-0.39, 0.29) is 0 Å². The van der Waals surface area contributed by atoms with Crippen molar-refractivity contribution >= 4 is 5.69 Å². The minimum absolute atomic E-state index is 0.727. The van der Waals surface area contributed by atoms with E-state index in [4.69, 9.17) is 10.5 Å². The summed E-state index contributed by atoms with van der Waals surface area (Å²) in [5.74, 6) is 1.55. The van der Waals surface area contributed by atoms with E-state index in [0.717, 1.165) is 17.4 Å². The summed E-state index contributed by atoms with van der Waals surface area (Å²) in [6.45, 7) is 0. The molecule has 0 atom stereocenters. The number of hydrogen-bond acceptors (Lipinski definition) is 2. The molecule has 1 saturated carbocycles. The van der Waals surface area contributed by atoms with E-state index in [1.54, 1.807) is 7.11 Å². The molecule has 0 unspecified atom stereocenters. The molecule has 2 rings (SSSR count). The Morgan fingerprint density at radius 3 is 2.69 bits per heavy atom. The average molecular weight is 177 g/mol. The lowest BCUT2D eigenvalue weighted by Crippen LogP contribution is -2.09. The van der Waals surface area contributed by atoms with Crippen LogP contribution in [0.15, 0.2) is 18.2 Å². The van der Waals surface area contributed by atoms with Gasteiger partial charge < -0.3 is 10.5 Å².